The fraction of sp³-hybridized carbons (Fsp3) is 0.238. The maximum atomic E-state index is 13.2. The number of para-hydroxylation sites is 1. The van der Waals surface area contributed by atoms with Gasteiger partial charge in [0.05, 0.1) is 31.2 Å². The number of imide groups is 1. The smallest absolute Gasteiger partial charge is 0.270 e. The summed E-state index contributed by atoms with van der Waals surface area (Å²) in [6.07, 6.45) is -1.00. The maximum absolute atomic E-state index is 13.2. The molecule has 2 amide bonds. The van der Waals surface area contributed by atoms with Gasteiger partial charge in [0.25, 0.3) is 11.8 Å². The molecule has 2 aliphatic rings. The number of ether oxygens (including phenoxy) is 2. The second-order valence-corrected chi connectivity index (χ2v) is 6.75. The first-order valence-corrected chi connectivity index (χ1v) is 8.80. The summed E-state index contributed by atoms with van der Waals surface area (Å²) in [4.78, 5) is 32.8. The van der Waals surface area contributed by atoms with Crippen molar-refractivity contribution < 1.29 is 23.9 Å². The Labute approximate surface area is 162 Å². The maximum Gasteiger partial charge on any atom is 0.270 e. The number of nitrogens with zero attached hydrogens (tertiary/aromatic N) is 1. The van der Waals surface area contributed by atoms with Crippen LogP contribution < -0.4 is 19.9 Å². The molecule has 0 radical (unpaired) electrons. The van der Waals surface area contributed by atoms with Gasteiger partial charge >= 0.3 is 0 Å². The molecule has 1 N–H and O–H groups in total. The molecule has 4 rings (SSSR count). The first-order valence-electron chi connectivity index (χ1n) is 8.80. The van der Waals surface area contributed by atoms with E-state index in [1.165, 1.54) is 19.1 Å². The Morgan fingerprint density at radius 1 is 1.04 bits per heavy atom. The second kappa shape index (κ2) is 6.69. The Balaban J connectivity index is 1.84. The van der Waals surface area contributed by atoms with E-state index in [9.17, 15) is 9.59 Å². The van der Waals surface area contributed by atoms with Crippen molar-refractivity contribution in [1.29, 1.82) is 0 Å². The third-order valence-corrected chi connectivity index (χ3v) is 4.83. The highest BCUT2D eigenvalue weighted by Crippen LogP contribution is 2.41. The van der Waals surface area contributed by atoms with E-state index in [-0.39, 0.29) is 5.57 Å². The van der Waals surface area contributed by atoms with E-state index < -0.39 is 17.9 Å². The number of anilines is 1. The number of hydroxylamine groups is 1. The standard InChI is InChI=1S/C21H20N2O5/c1-11-8-12(2)10-13(9-11)23-20(24)16-17(22-28-19(16)21(23)25)14-6-5-7-15(26-3)18(14)27-4/h5-10,19,22H,1-4H3/t19-/m0/s1. The molecule has 0 spiro atoms. The zero-order chi connectivity index (χ0) is 20.0. The highest BCUT2D eigenvalue weighted by atomic mass is 16.7. The van der Waals surface area contributed by atoms with Crippen LogP contribution in [-0.2, 0) is 14.4 Å². The highest BCUT2D eigenvalue weighted by molar-refractivity contribution is 6.33. The number of nitrogens with one attached hydrogen (secondary N) is 1. The summed E-state index contributed by atoms with van der Waals surface area (Å²) in [6.45, 7) is 3.85. The number of carbonyl (C=O) groups is 2. The van der Waals surface area contributed by atoms with Crippen LogP contribution in [-0.4, -0.2) is 32.1 Å². The van der Waals surface area contributed by atoms with Crippen molar-refractivity contribution in [3.8, 4) is 11.5 Å². The number of rotatable bonds is 4. The van der Waals surface area contributed by atoms with Crippen LogP contribution in [0.4, 0.5) is 5.69 Å². The normalized spacial score (nSPS) is 18.4. The van der Waals surface area contributed by atoms with Crippen LogP contribution in [0.15, 0.2) is 42.0 Å². The molecular formula is C21H20N2O5. The van der Waals surface area contributed by atoms with E-state index in [1.807, 2.05) is 32.0 Å². The van der Waals surface area contributed by atoms with E-state index in [0.717, 1.165) is 11.1 Å². The SMILES string of the molecule is COc1cccc(C2=C3C(=O)N(c4cc(C)cc(C)c4)C(=O)[C@H]3ON2)c1OC. The van der Waals surface area contributed by atoms with Crippen LogP contribution in [0.2, 0.25) is 0 Å². The summed E-state index contributed by atoms with van der Waals surface area (Å²) in [5.74, 6) is 0.134. The summed E-state index contributed by atoms with van der Waals surface area (Å²) in [5, 5.41) is 0. The average Bonchev–Trinajstić information content (AvgIpc) is 3.20. The van der Waals surface area contributed by atoms with E-state index in [4.69, 9.17) is 14.3 Å². The van der Waals surface area contributed by atoms with Crippen molar-refractivity contribution in [3.63, 3.8) is 0 Å². The van der Waals surface area contributed by atoms with E-state index in [2.05, 4.69) is 5.48 Å². The van der Waals surface area contributed by atoms with Gasteiger partial charge in [-0.25, -0.2) is 4.90 Å². The van der Waals surface area contributed by atoms with Gasteiger partial charge in [-0.1, -0.05) is 12.1 Å². The van der Waals surface area contributed by atoms with E-state index >= 15 is 0 Å². The number of hydrogen-bond acceptors (Lipinski definition) is 6. The molecule has 28 heavy (non-hydrogen) atoms. The van der Waals surface area contributed by atoms with Gasteiger partial charge in [-0.2, -0.15) is 0 Å². The lowest BCUT2D eigenvalue weighted by Crippen LogP contribution is -2.34. The van der Waals surface area contributed by atoms with Gasteiger partial charge in [0.1, 0.15) is 0 Å². The topological polar surface area (TPSA) is 77.1 Å². The first-order chi connectivity index (χ1) is 13.5. The largest absolute Gasteiger partial charge is 0.493 e. The summed E-state index contributed by atoms with van der Waals surface area (Å²) < 4.78 is 10.8. The number of aryl methyl sites for hydroxylation is 2. The van der Waals surface area contributed by atoms with Crippen molar-refractivity contribution in [3.05, 3.63) is 58.7 Å². The molecule has 0 unspecified atom stereocenters. The number of fused-ring (bicyclic) bond motifs is 1. The van der Waals surface area contributed by atoms with Crippen LogP contribution in [0.3, 0.4) is 0 Å². The van der Waals surface area contributed by atoms with Crippen LogP contribution in [0.25, 0.3) is 5.70 Å². The fourth-order valence-corrected chi connectivity index (χ4v) is 3.70. The number of methoxy groups -OCH3 is 2. The molecule has 0 saturated carbocycles. The second-order valence-electron chi connectivity index (χ2n) is 6.75. The Hall–Kier alpha value is -3.32. The minimum atomic E-state index is -1.00. The van der Waals surface area contributed by atoms with Crippen LogP contribution >= 0.6 is 0 Å². The van der Waals surface area contributed by atoms with Gasteiger partial charge in [-0.15, -0.1) is 0 Å². The molecule has 2 aromatic rings. The molecule has 2 aromatic carbocycles. The van der Waals surface area contributed by atoms with Gasteiger partial charge in [0.15, 0.2) is 17.6 Å². The van der Waals surface area contributed by atoms with E-state index in [0.29, 0.717) is 28.4 Å². The molecule has 2 aliphatic heterocycles. The number of carbonyl (C=O) groups excluding carboxylic acids is 2. The summed E-state index contributed by atoms with van der Waals surface area (Å²) in [7, 11) is 3.05. The Morgan fingerprint density at radius 3 is 2.39 bits per heavy atom. The molecule has 1 saturated heterocycles. The minimum absolute atomic E-state index is 0.260. The predicted octanol–water partition coefficient (Wildman–Crippen LogP) is 2.51. The Kier molecular flexibility index (Phi) is 4.31. The molecule has 0 aromatic heterocycles. The highest BCUT2D eigenvalue weighted by Gasteiger charge is 2.51. The van der Waals surface area contributed by atoms with Crippen molar-refractivity contribution in [2.45, 2.75) is 20.0 Å². The third-order valence-electron chi connectivity index (χ3n) is 4.83. The van der Waals surface area contributed by atoms with Crippen LogP contribution in [0, 0.1) is 13.8 Å². The van der Waals surface area contributed by atoms with Crippen molar-refractivity contribution in [1.82, 2.24) is 5.48 Å². The lowest BCUT2D eigenvalue weighted by atomic mass is 10.0. The number of hydrogen-bond donors (Lipinski definition) is 1. The molecule has 7 heteroatoms. The van der Waals surface area contributed by atoms with Crippen LogP contribution in [0.1, 0.15) is 16.7 Å². The molecule has 144 valence electrons. The first kappa shape index (κ1) is 18.1. The quantitative estimate of drug-likeness (QED) is 0.822. The lowest BCUT2D eigenvalue weighted by molar-refractivity contribution is -0.127. The van der Waals surface area contributed by atoms with Crippen molar-refractivity contribution in [2.24, 2.45) is 0 Å². The van der Waals surface area contributed by atoms with E-state index in [1.54, 1.807) is 18.2 Å². The minimum Gasteiger partial charge on any atom is -0.493 e. The molecular weight excluding hydrogens is 360 g/mol. The van der Waals surface area contributed by atoms with Crippen molar-refractivity contribution >= 4 is 23.2 Å². The molecule has 0 aliphatic carbocycles. The van der Waals surface area contributed by atoms with Gasteiger partial charge < -0.3 is 9.47 Å². The summed E-state index contributed by atoms with van der Waals surface area (Å²) in [6, 6.07) is 10.9. The fourth-order valence-electron chi connectivity index (χ4n) is 3.70. The molecule has 1 fully saturated rings. The number of benzene rings is 2. The predicted molar refractivity (Wildman–Crippen MR) is 103 cm³/mol. The molecule has 7 nitrogen and oxygen atoms in total. The molecule has 2 heterocycles. The summed E-state index contributed by atoms with van der Waals surface area (Å²) in [5.41, 5.74) is 6.46. The van der Waals surface area contributed by atoms with Crippen molar-refractivity contribution in [2.75, 3.05) is 19.1 Å². The van der Waals surface area contributed by atoms with Crippen LogP contribution in [0.5, 0.6) is 11.5 Å². The number of amides is 2. The van der Waals surface area contributed by atoms with Gasteiger partial charge in [-0.3, -0.25) is 19.9 Å². The monoisotopic (exact) mass is 380 g/mol. The average molecular weight is 380 g/mol. The summed E-state index contributed by atoms with van der Waals surface area (Å²) >= 11 is 0. The van der Waals surface area contributed by atoms with Gasteiger partial charge in [-0.05, 0) is 49.2 Å². The molecule has 0 bridgehead atoms. The van der Waals surface area contributed by atoms with Gasteiger partial charge in [0, 0.05) is 5.56 Å². The molecule has 1 atom stereocenters. The lowest BCUT2D eigenvalue weighted by Gasteiger charge is -2.18. The zero-order valence-electron chi connectivity index (χ0n) is 16.0. The Bertz CT molecular complexity index is 1010. The Morgan fingerprint density at radius 2 is 1.75 bits per heavy atom. The third kappa shape index (κ3) is 2.63. The zero-order valence-corrected chi connectivity index (χ0v) is 16.0. The van der Waals surface area contributed by atoms with Gasteiger partial charge in [0.2, 0.25) is 0 Å².